The predicted octanol–water partition coefficient (Wildman–Crippen LogP) is 2.74. The topological polar surface area (TPSA) is 45.4 Å². The van der Waals surface area contributed by atoms with E-state index in [0.29, 0.717) is 0 Å². The van der Waals surface area contributed by atoms with Gasteiger partial charge in [0.05, 0.1) is 12.7 Å². The Hall–Kier alpha value is -2.30. The lowest BCUT2D eigenvalue weighted by atomic mass is 10.2. The van der Waals surface area contributed by atoms with E-state index in [0.717, 1.165) is 31.2 Å². The van der Waals surface area contributed by atoms with Crippen LogP contribution in [-0.2, 0) is 13.1 Å². The fourth-order valence-corrected chi connectivity index (χ4v) is 2.42. The highest BCUT2D eigenvalue weighted by Crippen LogP contribution is 2.04. The van der Waals surface area contributed by atoms with Crippen LogP contribution >= 0.6 is 0 Å². The first-order chi connectivity index (χ1) is 11.2. The van der Waals surface area contributed by atoms with Crippen molar-refractivity contribution in [3.63, 3.8) is 0 Å². The zero-order valence-electron chi connectivity index (χ0n) is 14.4. The third-order valence-electron chi connectivity index (χ3n) is 3.75. The second-order valence-electron chi connectivity index (χ2n) is 5.71. The molecule has 0 radical (unpaired) electrons. The first-order valence-electron chi connectivity index (χ1n) is 8.20. The Bertz CT molecular complexity index is 603. The van der Waals surface area contributed by atoms with Crippen molar-refractivity contribution in [3.05, 3.63) is 53.9 Å². The summed E-state index contributed by atoms with van der Waals surface area (Å²) in [4.78, 5) is 6.50. The molecule has 2 rings (SSSR count). The molecular weight excluding hydrogens is 286 g/mol. The molecule has 1 aromatic heterocycles. The number of unbranched alkanes of at least 4 members (excludes halogenated alkanes) is 1. The summed E-state index contributed by atoms with van der Waals surface area (Å²) in [6, 6.07) is 10.4. The maximum absolute atomic E-state index is 4.43. The van der Waals surface area contributed by atoms with Crippen LogP contribution in [0.1, 0.15) is 30.9 Å². The molecule has 0 spiro atoms. The number of aliphatic imine (C=N–C) groups is 1. The molecule has 0 saturated carbocycles. The van der Waals surface area contributed by atoms with Crippen LogP contribution in [0.3, 0.4) is 0 Å². The summed E-state index contributed by atoms with van der Waals surface area (Å²) in [7, 11) is 3.90. The molecule has 0 fully saturated rings. The van der Waals surface area contributed by atoms with Gasteiger partial charge in [0.25, 0.3) is 0 Å². The third-order valence-corrected chi connectivity index (χ3v) is 3.75. The molecule has 0 amide bonds. The first-order valence-corrected chi connectivity index (χ1v) is 8.20. The van der Waals surface area contributed by atoms with Gasteiger partial charge in [0, 0.05) is 38.9 Å². The van der Waals surface area contributed by atoms with Gasteiger partial charge >= 0.3 is 0 Å². The zero-order valence-corrected chi connectivity index (χ0v) is 14.4. The van der Waals surface area contributed by atoms with Crippen LogP contribution in [0.2, 0.25) is 0 Å². The number of nitrogens with one attached hydrogen (secondary N) is 1. The molecule has 5 heteroatoms. The monoisotopic (exact) mass is 313 g/mol. The van der Waals surface area contributed by atoms with E-state index in [-0.39, 0.29) is 0 Å². The summed E-state index contributed by atoms with van der Waals surface area (Å²) in [5, 5.41) is 7.83. The van der Waals surface area contributed by atoms with Gasteiger partial charge in [-0.2, -0.15) is 5.10 Å². The average Bonchev–Trinajstić information content (AvgIpc) is 3.01. The Morgan fingerprint density at radius 2 is 2.04 bits per heavy atom. The van der Waals surface area contributed by atoms with Gasteiger partial charge in [-0.1, -0.05) is 43.7 Å². The molecule has 0 unspecified atom stereocenters. The fourth-order valence-electron chi connectivity index (χ4n) is 2.42. The molecule has 0 aliphatic heterocycles. The van der Waals surface area contributed by atoms with Crippen molar-refractivity contribution in [1.29, 1.82) is 0 Å². The van der Waals surface area contributed by atoms with Crippen LogP contribution < -0.4 is 5.32 Å². The molecule has 5 nitrogen and oxygen atoms in total. The summed E-state index contributed by atoms with van der Waals surface area (Å²) in [5.74, 6) is 0.925. The van der Waals surface area contributed by atoms with Gasteiger partial charge in [-0.25, -0.2) is 0 Å². The second-order valence-corrected chi connectivity index (χ2v) is 5.71. The quantitative estimate of drug-likeness (QED) is 0.631. The van der Waals surface area contributed by atoms with Gasteiger partial charge in [-0.15, -0.1) is 0 Å². The molecule has 0 atom stereocenters. The molecular formula is C18H27N5. The Balaban J connectivity index is 1.86. The van der Waals surface area contributed by atoms with Crippen molar-refractivity contribution in [2.45, 2.75) is 32.9 Å². The van der Waals surface area contributed by atoms with E-state index >= 15 is 0 Å². The minimum Gasteiger partial charge on any atom is -0.352 e. The molecule has 0 saturated heterocycles. The van der Waals surface area contributed by atoms with Crippen molar-refractivity contribution in [2.75, 3.05) is 20.6 Å². The molecule has 1 aromatic carbocycles. The minimum absolute atomic E-state index is 0.734. The molecule has 0 aliphatic carbocycles. The number of rotatable bonds is 7. The Kier molecular flexibility index (Phi) is 6.66. The van der Waals surface area contributed by atoms with E-state index in [2.05, 4.69) is 64.7 Å². The Morgan fingerprint density at radius 1 is 1.26 bits per heavy atom. The van der Waals surface area contributed by atoms with Crippen LogP contribution in [-0.4, -0.2) is 41.3 Å². The van der Waals surface area contributed by atoms with Gasteiger partial charge < -0.3 is 10.2 Å². The van der Waals surface area contributed by atoms with Crippen molar-refractivity contribution in [2.24, 2.45) is 4.99 Å². The highest BCUT2D eigenvalue weighted by Gasteiger charge is 2.06. The number of nitrogens with zero attached hydrogens (tertiary/aromatic N) is 4. The van der Waals surface area contributed by atoms with Gasteiger partial charge in [0.2, 0.25) is 0 Å². The summed E-state index contributed by atoms with van der Waals surface area (Å²) in [6.07, 6.45) is 6.36. The zero-order chi connectivity index (χ0) is 16.5. The van der Waals surface area contributed by atoms with Crippen molar-refractivity contribution in [1.82, 2.24) is 20.0 Å². The third kappa shape index (κ3) is 5.43. The minimum atomic E-state index is 0.734. The number of hydrogen-bond acceptors (Lipinski definition) is 2. The predicted molar refractivity (Wildman–Crippen MR) is 95.5 cm³/mol. The van der Waals surface area contributed by atoms with Crippen LogP contribution in [0.4, 0.5) is 0 Å². The van der Waals surface area contributed by atoms with Crippen LogP contribution in [0, 0.1) is 0 Å². The molecule has 0 bridgehead atoms. The van der Waals surface area contributed by atoms with Crippen molar-refractivity contribution >= 4 is 5.96 Å². The summed E-state index contributed by atoms with van der Waals surface area (Å²) < 4.78 is 1.97. The number of benzene rings is 1. The normalized spacial score (nSPS) is 11.5. The molecule has 124 valence electrons. The molecule has 2 aromatic rings. The summed E-state index contributed by atoms with van der Waals surface area (Å²) >= 11 is 0. The van der Waals surface area contributed by atoms with Gasteiger partial charge in [0.1, 0.15) is 0 Å². The van der Waals surface area contributed by atoms with Gasteiger partial charge in [-0.3, -0.25) is 9.67 Å². The number of aromatic nitrogens is 2. The Morgan fingerprint density at radius 3 is 2.74 bits per heavy atom. The van der Waals surface area contributed by atoms with Crippen molar-refractivity contribution in [3.8, 4) is 0 Å². The van der Waals surface area contributed by atoms with E-state index in [1.807, 2.05) is 24.0 Å². The SMILES string of the molecule is CCCCN(C)C(=NC)NCc1cnn(Cc2ccccc2)c1. The van der Waals surface area contributed by atoms with E-state index in [9.17, 15) is 0 Å². The Labute approximate surface area is 139 Å². The van der Waals surface area contributed by atoms with Crippen LogP contribution in [0.5, 0.6) is 0 Å². The number of hydrogen-bond donors (Lipinski definition) is 1. The number of guanidine groups is 1. The van der Waals surface area contributed by atoms with Crippen LogP contribution in [0.25, 0.3) is 0 Å². The summed E-state index contributed by atoms with van der Waals surface area (Å²) in [5.41, 5.74) is 2.41. The highest BCUT2D eigenvalue weighted by molar-refractivity contribution is 5.79. The van der Waals surface area contributed by atoms with Crippen LogP contribution in [0.15, 0.2) is 47.7 Å². The molecule has 1 N–H and O–H groups in total. The molecule has 0 aliphatic rings. The largest absolute Gasteiger partial charge is 0.352 e. The lowest BCUT2D eigenvalue weighted by Gasteiger charge is -2.21. The maximum Gasteiger partial charge on any atom is 0.193 e. The van der Waals surface area contributed by atoms with Gasteiger partial charge in [0.15, 0.2) is 5.96 Å². The van der Waals surface area contributed by atoms with E-state index in [4.69, 9.17) is 0 Å². The summed E-state index contributed by atoms with van der Waals surface area (Å²) in [6.45, 7) is 4.75. The standard InChI is InChI=1S/C18H27N5/c1-4-5-11-22(3)18(19-2)20-12-17-13-21-23(15-17)14-16-9-7-6-8-10-16/h6-10,13,15H,4-5,11-12,14H2,1-3H3,(H,19,20). The lowest BCUT2D eigenvalue weighted by molar-refractivity contribution is 0.464. The smallest absolute Gasteiger partial charge is 0.193 e. The van der Waals surface area contributed by atoms with E-state index in [1.54, 1.807) is 0 Å². The molecule has 1 heterocycles. The average molecular weight is 313 g/mol. The first kappa shape index (κ1) is 17.1. The second kappa shape index (κ2) is 8.98. The van der Waals surface area contributed by atoms with E-state index < -0.39 is 0 Å². The highest BCUT2D eigenvalue weighted by atomic mass is 15.3. The lowest BCUT2D eigenvalue weighted by Crippen LogP contribution is -2.38. The van der Waals surface area contributed by atoms with Crippen molar-refractivity contribution < 1.29 is 0 Å². The van der Waals surface area contributed by atoms with Gasteiger partial charge in [-0.05, 0) is 12.0 Å². The maximum atomic E-state index is 4.43. The fraction of sp³-hybridized carbons (Fsp3) is 0.444. The van der Waals surface area contributed by atoms with E-state index in [1.165, 1.54) is 18.4 Å². The molecule has 23 heavy (non-hydrogen) atoms.